The predicted octanol–water partition coefficient (Wildman–Crippen LogP) is 5.32. The summed E-state index contributed by atoms with van der Waals surface area (Å²) in [5.41, 5.74) is -1.66. The lowest BCUT2D eigenvalue weighted by atomic mass is 9.74. The normalized spacial score (nSPS) is 33.1. The lowest BCUT2D eigenvalue weighted by Crippen LogP contribution is -2.68. The standard InChI is InChI=1S/C72H113ClF6N12O13/c1-13-41(4)60-68(101)85(8)40-58(94)87(10)52-24-17-16-20-31-90(67(52)100)55(35-42-25-27-47(74)46(73)32-42)66(99)84(7)39-56(92)80-50(28-26-43-33-48(75)59(49(76)34-43)72(77,78)79)64(97)91-38-45(104-15-3)36-53(91)63(96)82-71(29-21-30-71)70(103)89(12)61(44-22-18-19-23-44)69(102)88(11)54(65(98)83(5)6)37-57(93)86(9)51(14-2)62(95)81-60/h41-55,59-61H,13-40H2,1-12H3,(H,80,92)(H,81,95)(H,82,96)/t41-,42?,43?,45+,46?,47?,48?,49?,50-,51-,52-,53-,54-,55-,59?,60-,61-/m0/s1. The van der Waals surface area contributed by atoms with Crippen LogP contribution in [0.5, 0.6) is 0 Å². The van der Waals surface area contributed by atoms with Gasteiger partial charge in [0, 0.05) is 82.5 Å². The van der Waals surface area contributed by atoms with Gasteiger partial charge in [0.1, 0.15) is 78.3 Å². The quantitative estimate of drug-likeness (QED) is 0.165. The summed E-state index contributed by atoms with van der Waals surface area (Å²) in [4.78, 5) is 191. The first-order chi connectivity index (χ1) is 48.9. The molecule has 25 nitrogen and oxygen atoms in total. The molecule has 7 fully saturated rings. The zero-order chi connectivity index (χ0) is 77.1. The van der Waals surface area contributed by atoms with Crippen molar-refractivity contribution >= 4 is 82.5 Å². The van der Waals surface area contributed by atoms with Crippen molar-refractivity contribution in [3.8, 4) is 0 Å². The SMILES string of the molecule is CCO[C@@H]1C[C@H]2C(=O)NC3(CCC3)C(=O)N(C)[C@@H](C3CCCC3)C(=O)N(C)[C@H](C(=O)N(C)C)CC(=O)N(C)[C@@H](CC)C(=O)N[C@@H]([C@@H](C)CC)C(=O)N(C)CC(=O)N(C)[C@H]3CCCCCN(C3=O)[C@@H](CC3CCC(F)C(Cl)C3)C(=O)N(C)CC(=O)N[C@@H](CCC3CC(F)C(C(F)(F)F)C(F)C3)C(=O)N2C1. The number of halogens is 7. The number of hydrogen-bond donors (Lipinski definition) is 3. The van der Waals surface area contributed by atoms with Gasteiger partial charge in [-0.15, -0.1) is 11.6 Å². The van der Waals surface area contributed by atoms with Crippen molar-refractivity contribution in [1.82, 2.24) is 60.0 Å². The van der Waals surface area contributed by atoms with Crippen LogP contribution in [0.25, 0.3) is 0 Å². The van der Waals surface area contributed by atoms with Gasteiger partial charge in [0.25, 0.3) is 0 Å². The van der Waals surface area contributed by atoms with Crippen molar-refractivity contribution in [2.75, 3.05) is 89.2 Å². The number of fused-ring (bicyclic) bond motifs is 3. The molecule has 3 heterocycles. The fourth-order valence-corrected chi connectivity index (χ4v) is 17.1. The number of hydrogen-bond acceptors (Lipinski definition) is 13. The first-order valence-corrected chi connectivity index (χ1v) is 37.9. The summed E-state index contributed by atoms with van der Waals surface area (Å²) >= 11 is 6.52. The van der Waals surface area contributed by atoms with E-state index in [2.05, 4.69) is 16.0 Å². The highest BCUT2D eigenvalue weighted by molar-refractivity contribution is 6.21. The molecule has 588 valence electrons. The Kier molecular flexibility index (Phi) is 30.0. The van der Waals surface area contributed by atoms with Gasteiger partial charge in [-0.3, -0.25) is 57.5 Å². The second-order valence-electron chi connectivity index (χ2n) is 30.7. The molecule has 2 bridgehead atoms. The Morgan fingerprint density at radius 2 is 1.27 bits per heavy atom. The lowest BCUT2D eigenvalue weighted by Gasteiger charge is -2.46. The van der Waals surface area contributed by atoms with E-state index in [1.54, 1.807) is 27.7 Å². The summed E-state index contributed by atoms with van der Waals surface area (Å²) in [7, 11) is 11.1. The average molecular weight is 1500 g/mol. The summed E-state index contributed by atoms with van der Waals surface area (Å²) < 4.78 is 93.8. The third-order valence-corrected chi connectivity index (χ3v) is 23.9. The number of amides is 12. The molecule has 12 amide bonds. The molecule has 7 aliphatic rings. The Balaban J connectivity index is 1.31. The fourth-order valence-electron chi connectivity index (χ4n) is 16.7. The van der Waals surface area contributed by atoms with Crippen LogP contribution >= 0.6 is 11.6 Å². The van der Waals surface area contributed by atoms with Crippen LogP contribution < -0.4 is 16.0 Å². The maximum atomic E-state index is 15.5. The zero-order valence-electron chi connectivity index (χ0n) is 62.7. The molecule has 1 spiro atoms. The number of ether oxygens (including phenoxy) is 1. The molecule has 0 aromatic carbocycles. The molecule has 4 aliphatic carbocycles. The third-order valence-electron chi connectivity index (χ3n) is 23.4. The number of carbonyl (C=O) groups excluding carboxylic acids is 12. The number of carbonyl (C=O) groups is 12. The first kappa shape index (κ1) is 84.7. The van der Waals surface area contributed by atoms with Gasteiger partial charge in [-0.05, 0) is 133 Å². The minimum absolute atomic E-state index is 0.00247. The Morgan fingerprint density at radius 1 is 0.635 bits per heavy atom. The van der Waals surface area contributed by atoms with Gasteiger partial charge in [0.15, 0.2) is 0 Å². The molecular formula is C72H113ClF6N12O13. The van der Waals surface area contributed by atoms with E-state index in [1.807, 2.05) is 0 Å². The van der Waals surface area contributed by atoms with Crippen LogP contribution in [-0.2, 0) is 62.3 Å². The largest absolute Gasteiger partial charge is 0.397 e. The second-order valence-corrected chi connectivity index (χ2v) is 31.3. The highest BCUT2D eigenvalue weighted by Crippen LogP contribution is 2.45. The van der Waals surface area contributed by atoms with E-state index in [0.717, 1.165) is 24.5 Å². The average Bonchev–Trinajstić information content (AvgIpc) is 1.34. The predicted molar refractivity (Wildman–Crippen MR) is 372 cm³/mol. The molecule has 4 saturated carbocycles. The number of likely N-dealkylation sites (N-methyl/N-ethyl adjacent to an activating group) is 7. The van der Waals surface area contributed by atoms with E-state index in [4.69, 9.17) is 16.3 Å². The number of alkyl halides is 7. The molecule has 3 N–H and O–H groups in total. The molecule has 7 rings (SSSR count). The van der Waals surface area contributed by atoms with E-state index in [0.29, 0.717) is 57.8 Å². The van der Waals surface area contributed by atoms with Crippen molar-refractivity contribution in [2.24, 2.45) is 29.6 Å². The van der Waals surface area contributed by atoms with Gasteiger partial charge in [0.2, 0.25) is 70.9 Å². The van der Waals surface area contributed by atoms with Crippen molar-refractivity contribution in [2.45, 2.75) is 265 Å². The molecule has 3 saturated heterocycles. The third kappa shape index (κ3) is 20.0. The molecule has 0 aromatic rings. The van der Waals surface area contributed by atoms with Gasteiger partial charge in [-0.25, -0.2) is 13.2 Å². The maximum Gasteiger partial charge on any atom is 0.397 e. The highest BCUT2D eigenvalue weighted by Gasteiger charge is 2.56. The Labute approximate surface area is 612 Å². The van der Waals surface area contributed by atoms with Crippen molar-refractivity contribution in [3.05, 3.63) is 0 Å². The van der Waals surface area contributed by atoms with Crippen LogP contribution in [0, 0.1) is 29.6 Å². The summed E-state index contributed by atoms with van der Waals surface area (Å²) in [6.07, 6.45) is -10.3. The Bertz CT molecular complexity index is 3070. The maximum absolute atomic E-state index is 15.5. The first-order valence-electron chi connectivity index (χ1n) is 37.4. The van der Waals surface area contributed by atoms with E-state index < -0.39 is 229 Å². The van der Waals surface area contributed by atoms with Gasteiger partial charge in [0.05, 0.1) is 31.0 Å². The molecule has 15 atom stereocenters. The van der Waals surface area contributed by atoms with E-state index in [-0.39, 0.29) is 83.9 Å². The van der Waals surface area contributed by atoms with E-state index in [9.17, 15) is 41.9 Å². The molecule has 0 aromatic heterocycles. The topological polar surface area (TPSA) is 279 Å². The second kappa shape index (κ2) is 36.9. The van der Waals surface area contributed by atoms with Gasteiger partial charge >= 0.3 is 6.18 Å². The summed E-state index contributed by atoms with van der Waals surface area (Å²) in [6.45, 7) is 5.31. The van der Waals surface area contributed by atoms with Crippen LogP contribution in [0.15, 0.2) is 0 Å². The fraction of sp³-hybridized carbons (Fsp3) is 0.833. The highest BCUT2D eigenvalue weighted by atomic mass is 35.5. The summed E-state index contributed by atoms with van der Waals surface area (Å²) in [6, 6.07) is -10.9. The van der Waals surface area contributed by atoms with Crippen molar-refractivity contribution in [3.63, 3.8) is 0 Å². The Hall–Kier alpha value is -6.53. The van der Waals surface area contributed by atoms with Crippen LogP contribution in [0.3, 0.4) is 0 Å². The number of nitrogens with one attached hydrogen (secondary N) is 3. The Morgan fingerprint density at radius 3 is 1.85 bits per heavy atom. The smallest absolute Gasteiger partial charge is 0.377 e. The van der Waals surface area contributed by atoms with Crippen molar-refractivity contribution in [1.29, 1.82) is 0 Å². The molecule has 5 unspecified atom stereocenters. The van der Waals surface area contributed by atoms with Gasteiger partial charge < -0.3 is 64.8 Å². The molecule has 3 aliphatic heterocycles. The van der Waals surface area contributed by atoms with Crippen LogP contribution in [-0.4, -0.2) is 294 Å². The summed E-state index contributed by atoms with van der Waals surface area (Å²) in [5, 5.41) is 7.51. The molecule has 32 heteroatoms. The number of rotatable bonds is 12. The van der Waals surface area contributed by atoms with Crippen LogP contribution in [0.4, 0.5) is 26.3 Å². The van der Waals surface area contributed by atoms with Gasteiger partial charge in [-0.1, -0.05) is 52.9 Å². The molecule has 104 heavy (non-hydrogen) atoms. The van der Waals surface area contributed by atoms with Crippen molar-refractivity contribution < 1.29 is 88.6 Å². The monoisotopic (exact) mass is 1500 g/mol. The lowest BCUT2D eigenvalue weighted by molar-refractivity contribution is -0.219. The van der Waals surface area contributed by atoms with Gasteiger partial charge in [-0.2, -0.15) is 13.2 Å². The molecule has 0 radical (unpaired) electrons. The zero-order valence-corrected chi connectivity index (χ0v) is 63.4. The molecular weight excluding hydrogens is 1390 g/mol. The van der Waals surface area contributed by atoms with E-state index >= 15 is 41.9 Å². The summed E-state index contributed by atoms with van der Waals surface area (Å²) in [5.74, 6) is -14.3. The minimum Gasteiger partial charge on any atom is -0.377 e. The minimum atomic E-state index is -5.19. The number of nitrogens with zero attached hydrogens (tertiary/aromatic N) is 9. The van der Waals surface area contributed by atoms with Crippen LogP contribution in [0.1, 0.15) is 175 Å². The van der Waals surface area contributed by atoms with Crippen LogP contribution in [0.2, 0.25) is 0 Å². The van der Waals surface area contributed by atoms with E-state index in [1.165, 1.54) is 76.0 Å².